The van der Waals surface area contributed by atoms with Crippen LogP contribution in [0.1, 0.15) is 34.1 Å². The molecule has 0 aromatic rings. The molecule has 6 fully saturated rings. The Hall–Kier alpha value is -0.810. The van der Waals surface area contributed by atoms with Crippen LogP contribution in [-0.4, -0.2) is 81.2 Å². The van der Waals surface area contributed by atoms with E-state index >= 15 is 0 Å². The maximum atomic E-state index is 13.4. The lowest BCUT2D eigenvalue weighted by atomic mass is 9.51. The lowest BCUT2D eigenvalue weighted by molar-refractivity contribution is -0.263. The Bertz CT molecular complexity index is 810. The van der Waals surface area contributed by atoms with E-state index in [1.165, 1.54) is 0 Å². The average molecular weight is 412 g/mol. The Labute approximate surface area is 167 Å². The summed E-state index contributed by atoms with van der Waals surface area (Å²) in [5, 5.41) is 45.1. The van der Waals surface area contributed by atoms with Crippen LogP contribution >= 0.6 is 0 Å². The number of hydrogen-bond donors (Lipinski definition) is 4. The maximum absolute atomic E-state index is 13.4. The lowest BCUT2D eigenvalue weighted by Crippen LogP contribution is -2.66. The Kier molecular flexibility index (Phi) is 3.15. The molecular weight excluding hydrogens is 384 g/mol. The summed E-state index contributed by atoms with van der Waals surface area (Å²) in [5.41, 5.74) is -6.70. The summed E-state index contributed by atoms with van der Waals surface area (Å²) in [6.07, 6.45) is -6.79. The highest BCUT2D eigenvalue weighted by molar-refractivity contribution is 5.89. The third-order valence-electron chi connectivity index (χ3n) is 9.06. The van der Waals surface area contributed by atoms with Crippen LogP contribution < -0.4 is 0 Å². The van der Waals surface area contributed by atoms with Gasteiger partial charge in [0.05, 0.1) is 29.6 Å². The second-order valence-corrected chi connectivity index (χ2v) is 10.9. The Balaban J connectivity index is 1.70. The number of carbonyl (C=O) groups is 1. The topological polar surface area (TPSA) is 135 Å². The van der Waals surface area contributed by atoms with Crippen molar-refractivity contribution in [1.82, 2.24) is 0 Å². The van der Waals surface area contributed by atoms with Crippen LogP contribution in [0.5, 0.6) is 0 Å². The third-order valence-corrected chi connectivity index (χ3v) is 9.06. The Morgan fingerprint density at radius 2 is 1.86 bits per heavy atom. The van der Waals surface area contributed by atoms with Crippen molar-refractivity contribution in [2.75, 3.05) is 6.61 Å². The van der Waals surface area contributed by atoms with Crippen molar-refractivity contribution in [3.8, 4) is 0 Å². The van der Waals surface area contributed by atoms with Gasteiger partial charge in [0.15, 0.2) is 12.6 Å². The molecule has 12 atom stereocenters. The molecule has 0 aromatic carbocycles. The van der Waals surface area contributed by atoms with Crippen molar-refractivity contribution in [3.63, 3.8) is 0 Å². The van der Waals surface area contributed by atoms with Crippen LogP contribution in [0.15, 0.2) is 0 Å². The standard InChI is InChI=1S/C20H28O9/c1-7-6-26-8-5-17-12-9(21)10(16(2,3)4)18(17)11(22)13(23)28-15(18)29-20(17,14(24)27-12)19(7,8)25/h7-13,15,21-23,25H,5-6H2,1-4H3/t7-,8?,9-,10+,11+,12?,13+,15?,17?,18?,19-,20-/m1/s1. The molecule has 2 aliphatic carbocycles. The van der Waals surface area contributed by atoms with Gasteiger partial charge in [-0.3, -0.25) is 0 Å². The highest BCUT2D eigenvalue weighted by Gasteiger charge is 3.01. The summed E-state index contributed by atoms with van der Waals surface area (Å²) < 4.78 is 23.6. The molecule has 6 rings (SSSR count). The molecule has 0 aromatic heterocycles. The van der Waals surface area contributed by atoms with Crippen LogP contribution in [0, 0.1) is 28.1 Å². The van der Waals surface area contributed by atoms with E-state index in [0.717, 1.165) is 0 Å². The predicted molar refractivity (Wildman–Crippen MR) is 92.9 cm³/mol. The van der Waals surface area contributed by atoms with E-state index in [1.54, 1.807) is 6.92 Å². The number of fused-ring (bicyclic) bond motifs is 1. The molecular formula is C20H28O9. The minimum atomic E-state index is -1.84. The zero-order chi connectivity index (χ0) is 20.9. The zero-order valence-corrected chi connectivity index (χ0v) is 16.9. The third kappa shape index (κ3) is 1.45. The highest BCUT2D eigenvalue weighted by Crippen LogP contribution is 2.84. The fraction of sp³-hybridized carbons (Fsp3) is 0.950. The van der Waals surface area contributed by atoms with Gasteiger partial charge in [-0.05, 0) is 11.8 Å². The molecule has 0 bridgehead atoms. The number of ether oxygens (including phenoxy) is 4. The van der Waals surface area contributed by atoms with Crippen molar-refractivity contribution in [3.05, 3.63) is 0 Å². The predicted octanol–water partition coefficient (Wildman–Crippen LogP) is -1.10. The Morgan fingerprint density at radius 1 is 1.17 bits per heavy atom. The van der Waals surface area contributed by atoms with E-state index < -0.39 is 82.2 Å². The van der Waals surface area contributed by atoms with Crippen molar-refractivity contribution >= 4 is 5.97 Å². The van der Waals surface area contributed by atoms with Gasteiger partial charge in [0.1, 0.15) is 17.8 Å². The maximum Gasteiger partial charge on any atom is 0.342 e. The van der Waals surface area contributed by atoms with Crippen LogP contribution in [0.4, 0.5) is 0 Å². The molecule has 9 nitrogen and oxygen atoms in total. The van der Waals surface area contributed by atoms with E-state index in [2.05, 4.69) is 0 Å². The molecule has 4 saturated heterocycles. The number of aliphatic hydroxyl groups is 4. The first kappa shape index (κ1) is 18.9. The van der Waals surface area contributed by atoms with E-state index in [-0.39, 0.29) is 13.0 Å². The van der Waals surface area contributed by atoms with E-state index in [9.17, 15) is 25.2 Å². The van der Waals surface area contributed by atoms with E-state index in [1.807, 2.05) is 20.8 Å². The average Bonchev–Trinajstić information content (AvgIpc) is 3.31. The number of carbonyl (C=O) groups excluding carboxylic acids is 1. The molecule has 162 valence electrons. The van der Waals surface area contributed by atoms with Crippen molar-refractivity contribution in [2.24, 2.45) is 28.1 Å². The highest BCUT2D eigenvalue weighted by atomic mass is 16.8. The molecule has 2 saturated carbocycles. The van der Waals surface area contributed by atoms with Gasteiger partial charge in [-0.1, -0.05) is 27.7 Å². The van der Waals surface area contributed by atoms with Gasteiger partial charge in [-0.15, -0.1) is 0 Å². The number of hydrogen-bond acceptors (Lipinski definition) is 9. The summed E-state index contributed by atoms with van der Waals surface area (Å²) in [6, 6.07) is 0. The van der Waals surface area contributed by atoms with Crippen molar-refractivity contribution in [2.45, 2.75) is 82.3 Å². The molecule has 5 unspecified atom stereocenters. The summed E-state index contributed by atoms with van der Waals surface area (Å²) in [5.74, 6) is -1.80. The first-order valence-corrected chi connectivity index (χ1v) is 10.3. The van der Waals surface area contributed by atoms with Crippen molar-refractivity contribution in [1.29, 1.82) is 0 Å². The van der Waals surface area contributed by atoms with Crippen molar-refractivity contribution < 1.29 is 44.2 Å². The van der Waals surface area contributed by atoms with Gasteiger partial charge in [0, 0.05) is 11.8 Å². The molecule has 0 radical (unpaired) electrons. The van der Waals surface area contributed by atoms with E-state index in [4.69, 9.17) is 18.9 Å². The largest absolute Gasteiger partial charge is 0.457 e. The van der Waals surface area contributed by atoms with Gasteiger partial charge in [-0.25, -0.2) is 4.79 Å². The van der Waals surface area contributed by atoms with Crippen LogP contribution in [0.2, 0.25) is 0 Å². The van der Waals surface area contributed by atoms with Gasteiger partial charge < -0.3 is 39.4 Å². The van der Waals surface area contributed by atoms with Crippen LogP contribution in [0.3, 0.4) is 0 Å². The molecule has 2 spiro atoms. The summed E-state index contributed by atoms with van der Waals surface area (Å²) in [6.45, 7) is 7.82. The molecule has 0 amide bonds. The minimum absolute atomic E-state index is 0.164. The summed E-state index contributed by atoms with van der Waals surface area (Å²) in [7, 11) is 0. The van der Waals surface area contributed by atoms with Crippen LogP contribution in [-0.2, 0) is 23.7 Å². The van der Waals surface area contributed by atoms with Gasteiger partial charge >= 0.3 is 5.97 Å². The fourth-order valence-electron chi connectivity index (χ4n) is 8.45. The SMILES string of the molecule is C[C@@H]1COC2CC34C5OC(=O)[C@]3(OC3O[C@H](O)[C@H](O)C34[C@H](C(C)(C)C)[C@H]5O)[C@]21O. The zero-order valence-electron chi connectivity index (χ0n) is 16.9. The quantitative estimate of drug-likeness (QED) is 0.366. The fourth-order valence-corrected chi connectivity index (χ4v) is 8.45. The monoisotopic (exact) mass is 412 g/mol. The van der Waals surface area contributed by atoms with Gasteiger partial charge in [-0.2, -0.15) is 0 Å². The second kappa shape index (κ2) is 4.82. The summed E-state index contributed by atoms with van der Waals surface area (Å²) >= 11 is 0. The Morgan fingerprint density at radius 3 is 2.52 bits per heavy atom. The molecule has 4 heterocycles. The second-order valence-electron chi connectivity index (χ2n) is 10.9. The van der Waals surface area contributed by atoms with E-state index in [0.29, 0.717) is 0 Å². The first-order chi connectivity index (χ1) is 13.4. The molecule has 29 heavy (non-hydrogen) atoms. The minimum Gasteiger partial charge on any atom is -0.457 e. The molecule has 4 aliphatic heterocycles. The molecule has 4 N–H and O–H groups in total. The number of aliphatic hydroxyl groups excluding tert-OH is 3. The molecule has 6 aliphatic rings. The first-order valence-electron chi connectivity index (χ1n) is 10.3. The number of esters is 1. The smallest absolute Gasteiger partial charge is 0.342 e. The summed E-state index contributed by atoms with van der Waals surface area (Å²) in [4.78, 5) is 13.4. The van der Waals surface area contributed by atoms with Crippen LogP contribution in [0.25, 0.3) is 0 Å². The normalized spacial score (nSPS) is 64.8. The van der Waals surface area contributed by atoms with Gasteiger partial charge in [0.25, 0.3) is 0 Å². The number of rotatable bonds is 0. The van der Waals surface area contributed by atoms with Gasteiger partial charge in [0.2, 0.25) is 5.60 Å². The lowest BCUT2D eigenvalue weighted by Gasteiger charge is -2.48. The molecule has 9 heteroatoms.